The van der Waals surface area contributed by atoms with Crippen LogP contribution in [0.1, 0.15) is 47.0 Å². The number of nitrogens with zero attached hydrogens (tertiary/aromatic N) is 2. The lowest BCUT2D eigenvalue weighted by molar-refractivity contribution is 0.0232. The molecule has 0 aromatic heterocycles. The van der Waals surface area contributed by atoms with E-state index in [9.17, 15) is 0 Å². The highest BCUT2D eigenvalue weighted by molar-refractivity contribution is 4.91. The van der Waals surface area contributed by atoms with Crippen LogP contribution >= 0.6 is 0 Å². The topological polar surface area (TPSA) is 27.0 Å². The van der Waals surface area contributed by atoms with E-state index in [1.54, 1.807) is 0 Å². The second-order valence-corrected chi connectivity index (χ2v) is 6.06. The fraction of sp³-hybridized carbons (Fsp3) is 0.923. The number of piperidine rings is 1. The standard InChI is InChI=1S/C13H24N2/c1-12(2,3)13(4)6-10-15(11-7-13)9-5-8-14/h5-7,9-11H2,1-4H3. The van der Waals surface area contributed by atoms with Gasteiger partial charge in [0, 0.05) is 13.0 Å². The van der Waals surface area contributed by atoms with Crippen molar-refractivity contribution in [3.05, 3.63) is 0 Å². The first-order chi connectivity index (χ1) is 6.89. The van der Waals surface area contributed by atoms with Crippen molar-refractivity contribution in [1.82, 2.24) is 4.90 Å². The van der Waals surface area contributed by atoms with Gasteiger partial charge in [0.2, 0.25) is 0 Å². The smallest absolute Gasteiger partial charge is 0.0635 e. The van der Waals surface area contributed by atoms with Crippen molar-refractivity contribution in [2.45, 2.75) is 47.0 Å². The molecule has 15 heavy (non-hydrogen) atoms. The summed E-state index contributed by atoms with van der Waals surface area (Å²) < 4.78 is 0. The molecule has 0 unspecified atom stereocenters. The third-order valence-corrected chi connectivity index (χ3v) is 4.31. The number of hydrogen-bond acceptors (Lipinski definition) is 2. The van der Waals surface area contributed by atoms with Gasteiger partial charge in [-0.1, -0.05) is 27.7 Å². The molecule has 1 aliphatic rings. The molecule has 0 spiro atoms. The van der Waals surface area contributed by atoms with Crippen LogP contribution in [-0.2, 0) is 0 Å². The first-order valence-corrected chi connectivity index (χ1v) is 5.98. The van der Waals surface area contributed by atoms with Gasteiger partial charge in [0.1, 0.15) is 0 Å². The predicted molar refractivity (Wildman–Crippen MR) is 63.5 cm³/mol. The molecule has 0 N–H and O–H groups in total. The lowest BCUT2D eigenvalue weighted by Gasteiger charge is -2.47. The van der Waals surface area contributed by atoms with Gasteiger partial charge in [-0.3, -0.25) is 0 Å². The monoisotopic (exact) mass is 208 g/mol. The van der Waals surface area contributed by atoms with Crippen LogP contribution in [0.3, 0.4) is 0 Å². The van der Waals surface area contributed by atoms with Gasteiger partial charge < -0.3 is 4.90 Å². The Kier molecular flexibility index (Phi) is 3.78. The van der Waals surface area contributed by atoms with Gasteiger partial charge in [-0.2, -0.15) is 5.26 Å². The van der Waals surface area contributed by atoms with Crippen molar-refractivity contribution >= 4 is 0 Å². The van der Waals surface area contributed by atoms with E-state index in [4.69, 9.17) is 5.26 Å². The van der Waals surface area contributed by atoms with Crippen LogP contribution < -0.4 is 0 Å². The highest BCUT2D eigenvalue weighted by Crippen LogP contribution is 2.46. The van der Waals surface area contributed by atoms with Gasteiger partial charge in [-0.05, 0) is 36.8 Å². The minimum atomic E-state index is 0.397. The molecular weight excluding hydrogens is 184 g/mol. The Morgan fingerprint density at radius 2 is 1.80 bits per heavy atom. The lowest BCUT2D eigenvalue weighted by Crippen LogP contribution is -2.45. The Morgan fingerprint density at radius 3 is 2.20 bits per heavy atom. The highest BCUT2D eigenvalue weighted by atomic mass is 15.1. The average Bonchev–Trinajstić information content (AvgIpc) is 2.15. The molecular formula is C13H24N2. The van der Waals surface area contributed by atoms with Crippen molar-refractivity contribution in [3.63, 3.8) is 0 Å². The zero-order valence-electron chi connectivity index (χ0n) is 10.6. The molecule has 0 aliphatic carbocycles. The summed E-state index contributed by atoms with van der Waals surface area (Å²) in [4.78, 5) is 2.43. The van der Waals surface area contributed by atoms with Crippen molar-refractivity contribution in [1.29, 1.82) is 5.26 Å². The van der Waals surface area contributed by atoms with Crippen LogP contribution in [-0.4, -0.2) is 24.5 Å². The van der Waals surface area contributed by atoms with E-state index >= 15 is 0 Å². The summed E-state index contributed by atoms with van der Waals surface area (Å²) in [7, 11) is 0. The summed E-state index contributed by atoms with van der Waals surface area (Å²) in [5.41, 5.74) is 0.866. The third kappa shape index (κ3) is 2.95. The molecule has 0 bridgehead atoms. The molecule has 1 saturated heterocycles. The second-order valence-electron chi connectivity index (χ2n) is 6.06. The van der Waals surface area contributed by atoms with Gasteiger partial charge in [-0.15, -0.1) is 0 Å². The fourth-order valence-electron chi connectivity index (χ4n) is 2.23. The van der Waals surface area contributed by atoms with Crippen LogP contribution in [0.25, 0.3) is 0 Å². The summed E-state index contributed by atoms with van der Waals surface area (Å²) in [6.45, 7) is 12.7. The molecule has 86 valence electrons. The van der Waals surface area contributed by atoms with Crippen molar-refractivity contribution in [3.8, 4) is 6.07 Å². The van der Waals surface area contributed by atoms with E-state index < -0.39 is 0 Å². The van der Waals surface area contributed by atoms with Crippen LogP contribution in [0.5, 0.6) is 0 Å². The second kappa shape index (κ2) is 4.53. The molecule has 1 fully saturated rings. The van der Waals surface area contributed by atoms with Gasteiger partial charge in [0.25, 0.3) is 0 Å². The van der Waals surface area contributed by atoms with E-state index in [0.717, 1.165) is 19.6 Å². The van der Waals surface area contributed by atoms with Crippen LogP contribution in [0.15, 0.2) is 0 Å². The summed E-state index contributed by atoms with van der Waals surface area (Å²) in [6.07, 6.45) is 3.20. The van der Waals surface area contributed by atoms with Gasteiger partial charge in [0.05, 0.1) is 6.07 Å². The predicted octanol–water partition coefficient (Wildman–Crippen LogP) is 3.05. The van der Waals surface area contributed by atoms with Crippen molar-refractivity contribution in [2.75, 3.05) is 19.6 Å². The molecule has 0 saturated carbocycles. The first-order valence-electron chi connectivity index (χ1n) is 5.98. The SMILES string of the molecule is CC(C)(C)C1(C)CCN(CCC#N)CC1. The Balaban J connectivity index is 2.45. The third-order valence-electron chi connectivity index (χ3n) is 4.31. The summed E-state index contributed by atoms with van der Waals surface area (Å²) in [5.74, 6) is 0. The lowest BCUT2D eigenvalue weighted by atomic mass is 9.63. The molecule has 0 amide bonds. The number of likely N-dealkylation sites (tertiary alicyclic amines) is 1. The van der Waals surface area contributed by atoms with E-state index in [-0.39, 0.29) is 0 Å². The Labute approximate surface area is 94.3 Å². The van der Waals surface area contributed by atoms with Crippen LogP contribution in [0, 0.1) is 22.2 Å². The maximum Gasteiger partial charge on any atom is 0.0635 e. The molecule has 1 rings (SSSR count). The van der Waals surface area contributed by atoms with Crippen LogP contribution in [0.4, 0.5) is 0 Å². The summed E-state index contributed by atoms with van der Waals surface area (Å²) in [6, 6.07) is 2.22. The molecule has 0 radical (unpaired) electrons. The van der Waals surface area contributed by atoms with Gasteiger partial charge >= 0.3 is 0 Å². The maximum atomic E-state index is 8.55. The zero-order chi connectivity index (χ0) is 11.5. The molecule has 2 nitrogen and oxygen atoms in total. The fourth-order valence-corrected chi connectivity index (χ4v) is 2.23. The Morgan fingerprint density at radius 1 is 1.27 bits per heavy atom. The zero-order valence-corrected chi connectivity index (χ0v) is 10.6. The number of hydrogen-bond donors (Lipinski definition) is 0. The minimum Gasteiger partial charge on any atom is -0.302 e. The van der Waals surface area contributed by atoms with E-state index in [1.807, 2.05) is 0 Å². The maximum absolute atomic E-state index is 8.55. The van der Waals surface area contributed by atoms with Crippen molar-refractivity contribution in [2.24, 2.45) is 10.8 Å². The molecule has 1 heterocycles. The normalized spacial score (nSPS) is 22.3. The number of rotatable bonds is 2. The largest absolute Gasteiger partial charge is 0.302 e. The van der Waals surface area contributed by atoms with Gasteiger partial charge in [-0.25, -0.2) is 0 Å². The van der Waals surface area contributed by atoms with E-state index in [1.165, 1.54) is 12.8 Å². The summed E-state index contributed by atoms with van der Waals surface area (Å²) in [5, 5.41) is 8.55. The Bertz CT molecular complexity index is 236. The summed E-state index contributed by atoms with van der Waals surface area (Å²) >= 11 is 0. The molecule has 0 aromatic carbocycles. The highest BCUT2D eigenvalue weighted by Gasteiger charge is 2.39. The first kappa shape index (κ1) is 12.5. The van der Waals surface area contributed by atoms with Gasteiger partial charge in [0.15, 0.2) is 0 Å². The molecule has 1 aliphatic heterocycles. The Hall–Kier alpha value is -0.550. The quantitative estimate of drug-likeness (QED) is 0.697. The molecule has 0 atom stereocenters. The molecule has 0 aromatic rings. The minimum absolute atomic E-state index is 0.397. The van der Waals surface area contributed by atoms with E-state index in [0.29, 0.717) is 17.3 Å². The van der Waals surface area contributed by atoms with Crippen LogP contribution in [0.2, 0.25) is 0 Å². The van der Waals surface area contributed by atoms with Crippen molar-refractivity contribution < 1.29 is 0 Å². The average molecular weight is 208 g/mol. The molecule has 2 heteroatoms. The van der Waals surface area contributed by atoms with E-state index in [2.05, 4.69) is 38.7 Å². The number of nitriles is 1.